The lowest BCUT2D eigenvalue weighted by atomic mass is 10.0. The van der Waals surface area contributed by atoms with Gasteiger partial charge in [0.15, 0.2) is 0 Å². The minimum Gasteiger partial charge on any atom is -0.481 e. The van der Waals surface area contributed by atoms with Gasteiger partial charge in [0.25, 0.3) is 0 Å². The van der Waals surface area contributed by atoms with E-state index in [2.05, 4.69) is 0 Å². The summed E-state index contributed by atoms with van der Waals surface area (Å²) in [6, 6.07) is -1.09. The second kappa shape index (κ2) is 3.61. The molecule has 0 aliphatic carbocycles. The van der Waals surface area contributed by atoms with Gasteiger partial charge in [-0.25, -0.2) is 4.79 Å². The lowest BCUT2D eigenvalue weighted by molar-refractivity contribution is -0.142. The number of hydrogen-bond donors (Lipinski definition) is 2. The summed E-state index contributed by atoms with van der Waals surface area (Å²) in [4.78, 5) is 22.6. The molecule has 0 aromatic rings. The summed E-state index contributed by atoms with van der Waals surface area (Å²) in [6.07, 6.45) is 0. The van der Waals surface area contributed by atoms with Gasteiger partial charge in [-0.15, -0.1) is 0 Å². The van der Waals surface area contributed by atoms with E-state index in [-0.39, 0.29) is 13.2 Å². The summed E-state index contributed by atoms with van der Waals surface area (Å²) >= 11 is 0. The number of aliphatic carboxylic acids is 1. The minimum absolute atomic E-state index is 0.137. The molecule has 2 amide bonds. The van der Waals surface area contributed by atoms with Crippen molar-refractivity contribution in [2.75, 3.05) is 20.3 Å². The smallest absolute Gasteiger partial charge is 0.314 e. The number of carbonyl (C=O) groups excluding carboxylic acids is 1. The first kappa shape index (κ1) is 9.79. The van der Waals surface area contributed by atoms with Gasteiger partial charge in [0.05, 0.1) is 19.3 Å². The molecule has 2 atom stereocenters. The Bertz CT molecular complexity index is 231. The fraction of sp³-hybridized carbons (Fsp3) is 0.714. The van der Waals surface area contributed by atoms with Gasteiger partial charge in [0.1, 0.15) is 5.92 Å². The maximum atomic E-state index is 10.8. The topological polar surface area (TPSA) is 92.9 Å². The Morgan fingerprint density at radius 3 is 2.62 bits per heavy atom. The van der Waals surface area contributed by atoms with Crippen LogP contribution in [0.1, 0.15) is 0 Å². The molecule has 1 saturated heterocycles. The summed E-state index contributed by atoms with van der Waals surface area (Å²) in [5, 5.41) is 8.76. The van der Waals surface area contributed by atoms with Crippen LogP contribution in [0, 0.1) is 5.92 Å². The molecule has 74 valence electrons. The van der Waals surface area contributed by atoms with Crippen LogP contribution in [-0.4, -0.2) is 48.3 Å². The maximum absolute atomic E-state index is 10.8. The van der Waals surface area contributed by atoms with Crippen LogP contribution in [-0.2, 0) is 9.53 Å². The zero-order chi connectivity index (χ0) is 10.0. The standard InChI is InChI=1S/C7H12N2O4/c1-9(7(8)12)5-3-13-2-4(5)6(10)11/h4-5H,2-3H2,1H3,(H2,8,12)(H,10,11). The third-order valence-electron chi connectivity index (χ3n) is 2.21. The Hall–Kier alpha value is -1.30. The highest BCUT2D eigenvalue weighted by atomic mass is 16.5. The van der Waals surface area contributed by atoms with E-state index in [1.807, 2.05) is 0 Å². The minimum atomic E-state index is -0.962. The van der Waals surface area contributed by atoms with Crippen molar-refractivity contribution in [2.24, 2.45) is 11.7 Å². The molecule has 2 unspecified atom stereocenters. The van der Waals surface area contributed by atoms with Crippen LogP contribution in [0.4, 0.5) is 4.79 Å². The lowest BCUT2D eigenvalue weighted by Crippen LogP contribution is -2.46. The Kier molecular flexibility index (Phi) is 2.72. The number of amides is 2. The number of urea groups is 1. The van der Waals surface area contributed by atoms with E-state index < -0.39 is 24.0 Å². The lowest BCUT2D eigenvalue weighted by Gasteiger charge is -2.24. The van der Waals surface area contributed by atoms with Crippen LogP contribution < -0.4 is 5.73 Å². The number of carboxylic acid groups (broad SMARTS) is 1. The van der Waals surface area contributed by atoms with Gasteiger partial charge < -0.3 is 20.5 Å². The van der Waals surface area contributed by atoms with Crippen LogP contribution >= 0.6 is 0 Å². The molecule has 6 nitrogen and oxygen atoms in total. The fourth-order valence-corrected chi connectivity index (χ4v) is 1.32. The average Bonchev–Trinajstić information content (AvgIpc) is 2.50. The van der Waals surface area contributed by atoms with E-state index in [0.29, 0.717) is 0 Å². The Labute approximate surface area is 75.3 Å². The predicted molar refractivity (Wildman–Crippen MR) is 43.1 cm³/mol. The first-order valence-corrected chi connectivity index (χ1v) is 3.87. The number of nitrogens with zero attached hydrogens (tertiary/aromatic N) is 1. The van der Waals surface area contributed by atoms with Gasteiger partial charge in [-0.2, -0.15) is 0 Å². The normalized spacial score (nSPS) is 27.2. The van der Waals surface area contributed by atoms with Gasteiger partial charge in [-0.05, 0) is 0 Å². The highest BCUT2D eigenvalue weighted by Crippen LogP contribution is 2.18. The molecule has 1 fully saturated rings. The molecule has 0 aromatic heterocycles. The Balaban J connectivity index is 2.68. The van der Waals surface area contributed by atoms with Crippen molar-refractivity contribution in [3.63, 3.8) is 0 Å². The number of carbonyl (C=O) groups is 2. The van der Waals surface area contributed by atoms with Crippen LogP contribution in [0.25, 0.3) is 0 Å². The number of hydrogen-bond acceptors (Lipinski definition) is 3. The van der Waals surface area contributed by atoms with E-state index in [0.717, 1.165) is 0 Å². The van der Waals surface area contributed by atoms with Crippen molar-refractivity contribution in [1.29, 1.82) is 0 Å². The monoisotopic (exact) mass is 188 g/mol. The first-order chi connectivity index (χ1) is 6.04. The van der Waals surface area contributed by atoms with E-state index in [1.165, 1.54) is 11.9 Å². The summed E-state index contributed by atoms with van der Waals surface area (Å²) in [7, 11) is 1.47. The van der Waals surface area contributed by atoms with Crippen LogP contribution in [0.3, 0.4) is 0 Å². The number of nitrogens with two attached hydrogens (primary N) is 1. The molecular weight excluding hydrogens is 176 g/mol. The molecule has 1 aliphatic heterocycles. The fourth-order valence-electron chi connectivity index (χ4n) is 1.32. The van der Waals surface area contributed by atoms with E-state index in [9.17, 15) is 9.59 Å². The van der Waals surface area contributed by atoms with Gasteiger partial charge in [-0.1, -0.05) is 0 Å². The summed E-state index contributed by atoms with van der Waals surface area (Å²) in [6.45, 7) is 0.369. The van der Waals surface area contributed by atoms with Crippen LogP contribution in [0.2, 0.25) is 0 Å². The zero-order valence-corrected chi connectivity index (χ0v) is 7.27. The zero-order valence-electron chi connectivity index (χ0n) is 7.27. The van der Waals surface area contributed by atoms with Crippen LogP contribution in [0.5, 0.6) is 0 Å². The molecule has 0 saturated carbocycles. The van der Waals surface area contributed by atoms with Crippen molar-refractivity contribution in [3.05, 3.63) is 0 Å². The number of primary amides is 1. The molecule has 0 radical (unpaired) electrons. The summed E-state index contributed by atoms with van der Waals surface area (Å²) in [5.41, 5.74) is 5.02. The number of carboxylic acids is 1. The maximum Gasteiger partial charge on any atom is 0.314 e. The number of rotatable bonds is 2. The number of ether oxygens (including phenoxy) is 1. The average molecular weight is 188 g/mol. The van der Waals surface area contributed by atoms with Crippen molar-refractivity contribution < 1.29 is 19.4 Å². The molecule has 0 spiro atoms. The van der Waals surface area contributed by atoms with Crippen molar-refractivity contribution in [1.82, 2.24) is 4.90 Å². The molecule has 1 rings (SSSR count). The second-order valence-corrected chi connectivity index (χ2v) is 3.00. The van der Waals surface area contributed by atoms with Crippen LogP contribution in [0.15, 0.2) is 0 Å². The van der Waals surface area contributed by atoms with E-state index in [1.54, 1.807) is 0 Å². The summed E-state index contributed by atoms with van der Waals surface area (Å²) < 4.78 is 4.97. The molecule has 13 heavy (non-hydrogen) atoms. The Morgan fingerprint density at radius 1 is 1.54 bits per heavy atom. The van der Waals surface area contributed by atoms with Gasteiger partial charge in [-0.3, -0.25) is 4.79 Å². The van der Waals surface area contributed by atoms with Crippen molar-refractivity contribution in [3.8, 4) is 0 Å². The first-order valence-electron chi connectivity index (χ1n) is 3.87. The quantitative estimate of drug-likeness (QED) is 0.587. The predicted octanol–water partition coefficient (Wildman–Crippen LogP) is -0.903. The molecular formula is C7H12N2O4. The Morgan fingerprint density at radius 2 is 2.15 bits per heavy atom. The third kappa shape index (κ3) is 1.89. The third-order valence-corrected chi connectivity index (χ3v) is 2.21. The summed E-state index contributed by atoms with van der Waals surface area (Å²) in [5.74, 6) is -1.63. The van der Waals surface area contributed by atoms with Crippen molar-refractivity contribution >= 4 is 12.0 Å². The van der Waals surface area contributed by atoms with Gasteiger partial charge in [0, 0.05) is 7.05 Å². The van der Waals surface area contributed by atoms with Gasteiger partial charge >= 0.3 is 12.0 Å². The largest absolute Gasteiger partial charge is 0.481 e. The highest BCUT2D eigenvalue weighted by Gasteiger charge is 2.37. The molecule has 0 bridgehead atoms. The highest BCUT2D eigenvalue weighted by molar-refractivity contribution is 5.75. The second-order valence-electron chi connectivity index (χ2n) is 3.00. The molecule has 0 aromatic carbocycles. The van der Waals surface area contributed by atoms with E-state index in [4.69, 9.17) is 15.6 Å². The van der Waals surface area contributed by atoms with E-state index >= 15 is 0 Å². The van der Waals surface area contributed by atoms with Crippen molar-refractivity contribution in [2.45, 2.75) is 6.04 Å². The molecule has 1 aliphatic rings. The van der Waals surface area contributed by atoms with Gasteiger partial charge in [0.2, 0.25) is 0 Å². The molecule has 6 heteroatoms. The molecule has 3 N–H and O–H groups in total. The molecule has 1 heterocycles. The SMILES string of the molecule is CN(C(N)=O)C1COCC1C(=O)O. The number of likely N-dealkylation sites (N-methyl/N-ethyl adjacent to an activating group) is 1.